The van der Waals surface area contributed by atoms with Crippen molar-refractivity contribution in [1.82, 2.24) is 10.2 Å². The highest BCUT2D eigenvalue weighted by Crippen LogP contribution is 2.07. The fraction of sp³-hybridized carbons (Fsp3) is 0.455. The Bertz CT molecular complexity index is 247. The molecule has 14 heavy (non-hydrogen) atoms. The van der Waals surface area contributed by atoms with Crippen molar-refractivity contribution in [2.75, 3.05) is 26.2 Å². The number of nitrogens with zero attached hydrogens (tertiary/aromatic N) is 1. The van der Waals surface area contributed by atoms with Crippen molar-refractivity contribution in [1.29, 1.82) is 0 Å². The monoisotopic (exact) mass is 193 g/mol. The van der Waals surface area contributed by atoms with Crippen LogP contribution in [0.4, 0.5) is 0 Å². The number of rotatable bonds is 3. The van der Waals surface area contributed by atoms with Gasteiger partial charge in [0, 0.05) is 32.4 Å². The molecule has 0 spiro atoms. The van der Waals surface area contributed by atoms with Crippen LogP contribution in [0.15, 0.2) is 36.2 Å². The number of nitrogens with two attached hydrogens (primary N) is 1. The molecule has 3 nitrogen and oxygen atoms in total. The van der Waals surface area contributed by atoms with Crippen molar-refractivity contribution in [3.63, 3.8) is 0 Å². The molecule has 0 aromatic heterocycles. The minimum Gasteiger partial charge on any atom is -0.403 e. The highest BCUT2D eigenvalue weighted by atomic mass is 15.2. The van der Waals surface area contributed by atoms with Crippen molar-refractivity contribution >= 4 is 0 Å². The first kappa shape index (κ1) is 10.9. The van der Waals surface area contributed by atoms with Gasteiger partial charge in [0.25, 0.3) is 0 Å². The van der Waals surface area contributed by atoms with Gasteiger partial charge >= 0.3 is 0 Å². The Labute approximate surface area is 86.0 Å². The Balaban J connectivity index is 2.57. The Hall–Kier alpha value is -1.22. The van der Waals surface area contributed by atoms with Crippen molar-refractivity contribution in [3.05, 3.63) is 36.2 Å². The summed E-state index contributed by atoms with van der Waals surface area (Å²) in [7, 11) is 0. The molecule has 1 aliphatic rings. The third kappa shape index (κ3) is 3.26. The summed E-state index contributed by atoms with van der Waals surface area (Å²) in [6.07, 6.45) is 5.67. The first-order valence-corrected chi connectivity index (χ1v) is 4.95. The van der Waals surface area contributed by atoms with E-state index in [0.717, 1.165) is 37.4 Å². The van der Waals surface area contributed by atoms with Gasteiger partial charge in [-0.25, -0.2) is 0 Å². The van der Waals surface area contributed by atoms with Crippen LogP contribution in [0.1, 0.15) is 6.92 Å². The molecule has 0 unspecified atom stereocenters. The molecule has 1 heterocycles. The van der Waals surface area contributed by atoms with E-state index in [1.807, 2.05) is 19.1 Å². The molecule has 78 valence electrons. The summed E-state index contributed by atoms with van der Waals surface area (Å²) in [5, 5.41) is 3.31. The van der Waals surface area contributed by atoms with Gasteiger partial charge in [0.15, 0.2) is 0 Å². The molecule has 0 radical (unpaired) electrons. The van der Waals surface area contributed by atoms with E-state index in [1.165, 1.54) is 0 Å². The third-order valence-corrected chi connectivity index (χ3v) is 2.19. The van der Waals surface area contributed by atoms with Gasteiger partial charge in [0.2, 0.25) is 0 Å². The minimum absolute atomic E-state index is 1.02. The van der Waals surface area contributed by atoms with E-state index >= 15 is 0 Å². The highest BCUT2D eigenvalue weighted by Gasteiger charge is 2.09. The largest absolute Gasteiger partial charge is 0.403 e. The third-order valence-electron chi connectivity index (χ3n) is 2.19. The Morgan fingerprint density at radius 2 is 2.00 bits per heavy atom. The molecule has 0 bridgehead atoms. The fourth-order valence-corrected chi connectivity index (χ4v) is 1.42. The van der Waals surface area contributed by atoms with Gasteiger partial charge in [-0.2, -0.15) is 0 Å². The molecular formula is C11H19N3. The van der Waals surface area contributed by atoms with Crippen LogP contribution in [0.5, 0.6) is 0 Å². The van der Waals surface area contributed by atoms with Crippen LogP contribution < -0.4 is 11.1 Å². The second kappa shape index (κ2) is 5.50. The lowest BCUT2D eigenvalue weighted by Gasteiger charge is -2.29. The molecule has 3 N–H and O–H groups in total. The fourth-order valence-electron chi connectivity index (χ4n) is 1.42. The molecule has 0 aromatic rings. The Morgan fingerprint density at radius 1 is 1.36 bits per heavy atom. The number of nitrogens with one attached hydrogen (secondary N) is 1. The van der Waals surface area contributed by atoms with E-state index < -0.39 is 0 Å². The number of allylic oxidation sites excluding steroid dienone is 3. The molecule has 0 amide bonds. The van der Waals surface area contributed by atoms with Crippen molar-refractivity contribution in [2.45, 2.75) is 6.92 Å². The predicted molar refractivity (Wildman–Crippen MR) is 60.7 cm³/mol. The van der Waals surface area contributed by atoms with Crippen LogP contribution in [-0.2, 0) is 0 Å². The van der Waals surface area contributed by atoms with Gasteiger partial charge in [-0.05, 0) is 13.0 Å². The lowest BCUT2D eigenvalue weighted by Crippen LogP contribution is -2.42. The summed E-state index contributed by atoms with van der Waals surface area (Å²) in [5.74, 6) is 0. The van der Waals surface area contributed by atoms with E-state index in [9.17, 15) is 0 Å². The SMILES string of the molecule is C=C(C)/C=C\C(=C/N)N1CCNCC1. The topological polar surface area (TPSA) is 41.3 Å². The number of piperazine rings is 1. The molecule has 1 saturated heterocycles. The average molecular weight is 193 g/mol. The molecule has 0 atom stereocenters. The zero-order chi connectivity index (χ0) is 10.4. The second-order valence-electron chi connectivity index (χ2n) is 3.51. The normalized spacial score (nSPS) is 18.9. The molecule has 1 fully saturated rings. The zero-order valence-corrected chi connectivity index (χ0v) is 8.79. The highest BCUT2D eigenvalue weighted by molar-refractivity contribution is 5.24. The first-order valence-electron chi connectivity index (χ1n) is 4.95. The van der Waals surface area contributed by atoms with Gasteiger partial charge in [-0.3, -0.25) is 0 Å². The van der Waals surface area contributed by atoms with Crippen LogP contribution in [0, 0.1) is 0 Å². The number of hydrogen-bond acceptors (Lipinski definition) is 3. The second-order valence-corrected chi connectivity index (χ2v) is 3.51. The van der Waals surface area contributed by atoms with Crippen LogP contribution in [0.25, 0.3) is 0 Å². The van der Waals surface area contributed by atoms with Gasteiger partial charge < -0.3 is 16.0 Å². The van der Waals surface area contributed by atoms with Crippen molar-refractivity contribution in [2.24, 2.45) is 5.73 Å². The van der Waals surface area contributed by atoms with E-state index in [2.05, 4.69) is 16.8 Å². The molecule has 0 aliphatic carbocycles. The summed E-state index contributed by atoms with van der Waals surface area (Å²) in [6.45, 7) is 9.88. The van der Waals surface area contributed by atoms with Crippen LogP contribution in [0.2, 0.25) is 0 Å². The Morgan fingerprint density at radius 3 is 2.50 bits per heavy atom. The van der Waals surface area contributed by atoms with E-state index in [4.69, 9.17) is 5.73 Å². The van der Waals surface area contributed by atoms with Crippen molar-refractivity contribution in [3.8, 4) is 0 Å². The summed E-state index contributed by atoms with van der Waals surface area (Å²) in [5.41, 5.74) is 7.70. The first-order chi connectivity index (χ1) is 6.74. The maximum atomic E-state index is 5.58. The van der Waals surface area contributed by atoms with Crippen LogP contribution in [0.3, 0.4) is 0 Å². The van der Waals surface area contributed by atoms with Gasteiger partial charge in [-0.15, -0.1) is 0 Å². The minimum atomic E-state index is 1.02. The van der Waals surface area contributed by atoms with Gasteiger partial charge in [-0.1, -0.05) is 18.2 Å². The molecule has 1 rings (SSSR count). The van der Waals surface area contributed by atoms with E-state index in [-0.39, 0.29) is 0 Å². The molecular weight excluding hydrogens is 174 g/mol. The molecule has 3 heteroatoms. The predicted octanol–water partition coefficient (Wildman–Crippen LogP) is 0.824. The smallest absolute Gasteiger partial charge is 0.0524 e. The Kier molecular flexibility index (Phi) is 4.26. The standard InChI is InChI=1S/C11H19N3/c1-10(2)3-4-11(9-12)14-7-5-13-6-8-14/h3-4,9,13H,1,5-8,12H2,2H3/b4-3-,11-9+. The van der Waals surface area contributed by atoms with Crippen molar-refractivity contribution < 1.29 is 0 Å². The van der Waals surface area contributed by atoms with E-state index in [1.54, 1.807) is 6.20 Å². The summed E-state index contributed by atoms with van der Waals surface area (Å²) in [4.78, 5) is 2.27. The van der Waals surface area contributed by atoms with Gasteiger partial charge in [0.1, 0.15) is 0 Å². The van der Waals surface area contributed by atoms with E-state index in [0.29, 0.717) is 0 Å². The molecule has 0 saturated carbocycles. The number of hydrogen-bond donors (Lipinski definition) is 2. The summed E-state index contributed by atoms with van der Waals surface area (Å²) >= 11 is 0. The average Bonchev–Trinajstić information content (AvgIpc) is 2.20. The lowest BCUT2D eigenvalue weighted by atomic mass is 10.2. The van der Waals surface area contributed by atoms with Crippen LogP contribution in [-0.4, -0.2) is 31.1 Å². The zero-order valence-electron chi connectivity index (χ0n) is 8.79. The molecule has 1 aliphatic heterocycles. The summed E-state index contributed by atoms with van der Waals surface area (Å²) < 4.78 is 0. The lowest BCUT2D eigenvalue weighted by molar-refractivity contribution is 0.307. The van der Waals surface area contributed by atoms with Gasteiger partial charge in [0.05, 0.1) is 5.70 Å². The maximum absolute atomic E-state index is 5.58. The van der Waals surface area contributed by atoms with Crippen LogP contribution >= 0.6 is 0 Å². The molecule has 0 aromatic carbocycles. The maximum Gasteiger partial charge on any atom is 0.0524 e. The summed E-state index contributed by atoms with van der Waals surface area (Å²) in [6, 6.07) is 0. The quantitative estimate of drug-likeness (QED) is 0.652.